The number of nitrogens with zero attached hydrogens (tertiary/aromatic N) is 1. The fraction of sp³-hybridized carbons (Fsp3) is 0.533. The van der Waals surface area contributed by atoms with E-state index in [-0.39, 0.29) is 6.04 Å². The number of fused-ring (bicyclic) bond motifs is 1. The van der Waals surface area contributed by atoms with Gasteiger partial charge in [-0.15, -0.1) is 11.3 Å². The molecule has 0 amide bonds. The highest BCUT2D eigenvalue weighted by atomic mass is 32.2. The van der Waals surface area contributed by atoms with Crippen molar-refractivity contribution < 1.29 is 4.42 Å². The predicted molar refractivity (Wildman–Crippen MR) is 86.4 cm³/mol. The first-order valence-corrected chi connectivity index (χ1v) is 9.14. The monoisotopic (exact) mass is 308 g/mol. The van der Waals surface area contributed by atoms with Crippen LogP contribution in [0.2, 0.25) is 0 Å². The van der Waals surface area contributed by atoms with Gasteiger partial charge in [-0.3, -0.25) is 0 Å². The van der Waals surface area contributed by atoms with Crippen molar-refractivity contribution in [1.29, 1.82) is 0 Å². The van der Waals surface area contributed by atoms with Gasteiger partial charge in [0, 0.05) is 10.6 Å². The first kappa shape index (κ1) is 14.2. The van der Waals surface area contributed by atoms with Gasteiger partial charge in [0.25, 0.3) is 0 Å². The van der Waals surface area contributed by atoms with Crippen LogP contribution in [0.5, 0.6) is 0 Å². The first-order chi connectivity index (χ1) is 9.78. The zero-order valence-corrected chi connectivity index (χ0v) is 13.6. The maximum atomic E-state index is 5.94. The average molecular weight is 308 g/mol. The maximum Gasteiger partial charge on any atom is 0.211 e. The summed E-state index contributed by atoms with van der Waals surface area (Å²) in [6, 6.07) is 2.45. The molecule has 0 radical (unpaired) electrons. The molecule has 0 aromatic carbocycles. The maximum absolute atomic E-state index is 5.94. The third kappa shape index (κ3) is 2.95. The van der Waals surface area contributed by atoms with Crippen LogP contribution < -0.4 is 5.32 Å². The van der Waals surface area contributed by atoms with E-state index in [9.17, 15) is 0 Å². The molecule has 3 nitrogen and oxygen atoms in total. The Balaban J connectivity index is 1.77. The van der Waals surface area contributed by atoms with Crippen LogP contribution in [0, 0.1) is 0 Å². The van der Waals surface area contributed by atoms with Crippen molar-refractivity contribution in [1.82, 2.24) is 10.3 Å². The van der Waals surface area contributed by atoms with E-state index in [0.717, 1.165) is 30.4 Å². The number of thioether (sulfide) groups is 1. The van der Waals surface area contributed by atoms with E-state index in [1.54, 1.807) is 0 Å². The van der Waals surface area contributed by atoms with Crippen LogP contribution >= 0.6 is 23.1 Å². The summed E-state index contributed by atoms with van der Waals surface area (Å²) in [5, 5.41) is 3.41. The Morgan fingerprint density at radius 3 is 3.20 bits per heavy atom. The van der Waals surface area contributed by atoms with E-state index in [2.05, 4.69) is 30.2 Å². The minimum absolute atomic E-state index is 0.175. The molecular weight excluding hydrogens is 288 g/mol. The van der Waals surface area contributed by atoms with Crippen LogP contribution in [0.4, 0.5) is 0 Å². The third-order valence-electron chi connectivity index (χ3n) is 3.47. The zero-order chi connectivity index (χ0) is 13.9. The lowest BCUT2D eigenvalue weighted by atomic mass is 10.2. The summed E-state index contributed by atoms with van der Waals surface area (Å²) in [5.41, 5.74) is 1.48. The molecule has 0 spiro atoms. The van der Waals surface area contributed by atoms with Gasteiger partial charge in [0.2, 0.25) is 5.89 Å². The van der Waals surface area contributed by atoms with Crippen LogP contribution in [0.15, 0.2) is 16.7 Å². The Morgan fingerprint density at radius 1 is 1.50 bits per heavy atom. The van der Waals surface area contributed by atoms with E-state index in [0.29, 0.717) is 0 Å². The summed E-state index contributed by atoms with van der Waals surface area (Å²) in [6.07, 6.45) is 4.18. The molecule has 3 heterocycles. The minimum Gasteiger partial charge on any atom is -0.438 e. The summed E-state index contributed by atoms with van der Waals surface area (Å²) < 4.78 is 5.94. The van der Waals surface area contributed by atoms with Crippen molar-refractivity contribution in [2.24, 2.45) is 0 Å². The van der Waals surface area contributed by atoms with Crippen molar-refractivity contribution in [2.75, 3.05) is 12.3 Å². The number of thiophene rings is 1. The molecule has 3 rings (SSSR count). The van der Waals surface area contributed by atoms with E-state index in [1.165, 1.54) is 27.5 Å². The molecule has 2 aromatic rings. The summed E-state index contributed by atoms with van der Waals surface area (Å²) in [7, 11) is 0. The molecule has 1 atom stereocenters. The van der Waals surface area contributed by atoms with Gasteiger partial charge in [-0.2, -0.15) is 11.8 Å². The Labute approximate surface area is 128 Å². The zero-order valence-electron chi connectivity index (χ0n) is 11.9. The van der Waals surface area contributed by atoms with Gasteiger partial charge in [-0.25, -0.2) is 4.98 Å². The highest BCUT2D eigenvalue weighted by molar-refractivity contribution is 7.98. The molecule has 1 aliphatic heterocycles. The Kier molecular flexibility index (Phi) is 4.48. The minimum atomic E-state index is 0.175. The normalized spacial score (nSPS) is 16.1. The third-order valence-corrected chi connectivity index (χ3v) is 5.72. The van der Waals surface area contributed by atoms with Crippen LogP contribution in [-0.2, 0) is 12.2 Å². The molecule has 0 aliphatic carbocycles. The van der Waals surface area contributed by atoms with Gasteiger partial charge in [0.05, 0.1) is 17.1 Å². The number of hydrogen-bond donors (Lipinski definition) is 1. The highest BCUT2D eigenvalue weighted by Crippen LogP contribution is 2.37. The lowest BCUT2D eigenvalue weighted by Gasteiger charge is -2.08. The molecule has 0 bridgehead atoms. The summed E-state index contributed by atoms with van der Waals surface area (Å²) in [4.78, 5) is 7.17. The number of aromatic nitrogens is 1. The number of rotatable bonds is 5. The van der Waals surface area contributed by atoms with Gasteiger partial charge in [-0.1, -0.05) is 6.92 Å². The highest BCUT2D eigenvalue weighted by Gasteiger charge is 2.18. The molecule has 5 heteroatoms. The van der Waals surface area contributed by atoms with E-state index in [4.69, 9.17) is 4.42 Å². The quantitative estimate of drug-likeness (QED) is 0.896. The number of aryl methyl sites for hydroxylation is 1. The van der Waals surface area contributed by atoms with Crippen LogP contribution in [-0.4, -0.2) is 17.3 Å². The molecule has 1 N–H and O–H groups in total. The molecule has 0 fully saturated rings. The fourth-order valence-corrected chi connectivity index (χ4v) is 4.64. The molecule has 0 saturated heterocycles. The lowest BCUT2D eigenvalue weighted by molar-refractivity contribution is 0.423. The molecule has 2 aromatic heterocycles. The summed E-state index contributed by atoms with van der Waals surface area (Å²) >= 11 is 3.88. The summed E-state index contributed by atoms with van der Waals surface area (Å²) in [6.45, 7) is 5.25. The van der Waals surface area contributed by atoms with E-state index >= 15 is 0 Å². The van der Waals surface area contributed by atoms with E-state index < -0.39 is 0 Å². The average Bonchev–Trinajstić information content (AvgIpc) is 3.10. The van der Waals surface area contributed by atoms with Crippen LogP contribution in [0.25, 0.3) is 10.6 Å². The Hall–Kier alpha value is -0.780. The number of oxazole rings is 1. The predicted octanol–water partition coefficient (Wildman–Crippen LogP) is 4.25. The molecule has 0 saturated carbocycles. The van der Waals surface area contributed by atoms with Crippen LogP contribution in [0.1, 0.15) is 42.6 Å². The number of nitrogens with one attached hydrogen (secondary N) is 1. The SMILES string of the molecule is CCCNC(C)c1ncc(-c2cc3c(s2)CCSC3)o1. The standard InChI is InChI=1S/C15H20N2OS2/c1-3-5-16-10(2)15-17-8-12(18-15)14-7-11-9-19-6-4-13(11)20-14/h7-8,10,16H,3-6,9H2,1-2H3. The van der Waals surface area contributed by atoms with Crippen molar-refractivity contribution >= 4 is 23.1 Å². The molecule has 1 aliphatic rings. The van der Waals surface area contributed by atoms with Crippen molar-refractivity contribution in [3.05, 3.63) is 28.6 Å². The molecular formula is C15H20N2OS2. The largest absolute Gasteiger partial charge is 0.438 e. The Bertz CT molecular complexity index is 553. The van der Waals surface area contributed by atoms with Crippen LogP contribution in [0.3, 0.4) is 0 Å². The van der Waals surface area contributed by atoms with Crippen molar-refractivity contribution in [3.63, 3.8) is 0 Å². The lowest BCUT2D eigenvalue weighted by Crippen LogP contribution is -2.19. The fourth-order valence-electron chi connectivity index (χ4n) is 2.32. The smallest absolute Gasteiger partial charge is 0.211 e. The van der Waals surface area contributed by atoms with Crippen molar-refractivity contribution in [2.45, 2.75) is 38.5 Å². The molecule has 108 valence electrons. The Morgan fingerprint density at radius 2 is 2.40 bits per heavy atom. The first-order valence-electron chi connectivity index (χ1n) is 7.16. The van der Waals surface area contributed by atoms with Crippen molar-refractivity contribution in [3.8, 4) is 10.6 Å². The number of hydrogen-bond acceptors (Lipinski definition) is 5. The second-order valence-electron chi connectivity index (χ2n) is 5.10. The van der Waals surface area contributed by atoms with Gasteiger partial charge < -0.3 is 9.73 Å². The second-order valence-corrected chi connectivity index (χ2v) is 7.34. The van der Waals surface area contributed by atoms with Gasteiger partial charge in [-0.05, 0) is 43.7 Å². The molecule has 20 heavy (non-hydrogen) atoms. The van der Waals surface area contributed by atoms with Gasteiger partial charge in [0.1, 0.15) is 0 Å². The second kappa shape index (κ2) is 6.33. The van der Waals surface area contributed by atoms with E-state index in [1.807, 2.05) is 29.3 Å². The van der Waals surface area contributed by atoms with Gasteiger partial charge >= 0.3 is 0 Å². The van der Waals surface area contributed by atoms with Gasteiger partial charge in [0.15, 0.2) is 5.76 Å². The molecule has 1 unspecified atom stereocenters. The topological polar surface area (TPSA) is 38.1 Å². The summed E-state index contributed by atoms with van der Waals surface area (Å²) in [5.74, 6) is 4.08.